The van der Waals surface area contributed by atoms with Crippen LogP contribution in [0.1, 0.15) is 58.3 Å². The van der Waals surface area contributed by atoms with Crippen molar-refractivity contribution in [2.45, 2.75) is 58.3 Å². The first kappa shape index (κ1) is 27.8. The number of Topliss-reactive ketones (excluding diaryl/α,β-unsaturated/α-hetero) is 7. The molecule has 45 heavy (non-hydrogen) atoms. The number of fused-ring (bicyclic) bond motifs is 1. The number of ketones is 7. The Hall–Kier alpha value is -4.72. The molecule has 0 saturated carbocycles. The molecule has 0 heterocycles. The average molecular weight is 601 g/mol. The summed E-state index contributed by atoms with van der Waals surface area (Å²) in [5.74, 6) is -7.54. The third kappa shape index (κ3) is 3.97. The Morgan fingerprint density at radius 3 is 1.38 bits per heavy atom. The van der Waals surface area contributed by atoms with Crippen LogP contribution in [0.4, 0.5) is 0 Å². The van der Waals surface area contributed by atoms with Crippen LogP contribution in [0.25, 0.3) is 0 Å². The van der Waals surface area contributed by atoms with Crippen molar-refractivity contribution in [2.75, 3.05) is 0 Å². The largest absolute Gasteiger partial charge is 0.303 e. The van der Waals surface area contributed by atoms with E-state index in [9.17, 15) is 38.4 Å². The van der Waals surface area contributed by atoms with E-state index < -0.39 is 58.4 Å². The highest BCUT2D eigenvalue weighted by molar-refractivity contribution is 6.48. The van der Waals surface area contributed by atoms with E-state index in [1.807, 2.05) is 12.2 Å². The Morgan fingerprint density at radius 2 is 0.933 bits per heavy atom. The van der Waals surface area contributed by atoms with Crippen LogP contribution in [-0.4, -0.2) is 46.8 Å². The van der Waals surface area contributed by atoms with Gasteiger partial charge in [-0.2, -0.15) is 0 Å². The molecule has 0 amide bonds. The molecule has 8 rings (SSSR count). The van der Waals surface area contributed by atoms with Gasteiger partial charge in [-0.25, -0.2) is 0 Å². The third-order valence-electron chi connectivity index (χ3n) is 11.1. The van der Waals surface area contributed by atoms with Crippen LogP contribution in [0.5, 0.6) is 0 Å². The molecule has 8 nitrogen and oxygen atoms in total. The van der Waals surface area contributed by atoms with Crippen molar-refractivity contribution in [3.05, 3.63) is 91.2 Å². The SMILES string of the molecule is CC(=O)C1=C2C=C3CC4=C(CC5C(=O)C(=O)C6=C(C=C7CC8=C(CC(C=O)C(=C8)C2)C(=O)C(=O)C7C6)CC5=C4)C(=O)C(=O)C3C1. The average Bonchev–Trinajstić information content (AvgIpc) is 3.23. The molecule has 8 aliphatic carbocycles. The van der Waals surface area contributed by atoms with Gasteiger partial charge in [-0.3, -0.25) is 33.6 Å². The lowest BCUT2D eigenvalue weighted by atomic mass is 9.74. The van der Waals surface area contributed by atoms with Crippen LogP contribution in [-0.2, 0) is 38.4 Å². The summed E-state index contributed by atoms with van der Waals surface area (Å²) < 4.78 is 0. The summed E-state index contributed by atoms with van der Waals surface area (Å²) in [6.45, 7) is 1.42. The molecule has 0 aromatic carbocycles. The van der Waals surface area contributed by atoms with Crippen molar-refractivity contribution in [1.29, 1.82) is 0 Å². The van der Waals surface area contributed by atoms with E-state index in [1.165, 1.54) is 6.92 Å². The summed E-state index contributed by atoms with van der Waals surface area (Å²) in [5.41, 5.74) is 6.59. The van der Waals surface area contributed by atoms with E-state index in [0.29, 0.717) is 55.7 Å². The molecule has 0 spiro atoms. The molecule has 8 bridgehead atoms. The van der Waals surface area contributed by atoms with E-state index in [-0.39, 0.29) is 68.3 Å². The number of rotatable bonds is 2. The predicted octanol–water partition coefficient (Wildman–Crippen LogP) is 3.78. The summed E-state index contributed by atoms with van der Waals surface area (Å²) in [6, 6.07) is 0. The second-order valence-electron chi connectivity index (χ2n) is 13.5. The molecule has 0 aromatic heterocycles. The van der Waals surface area contributed by atoms with E-state index in [1.54, 1.807) is 12.2 Å². The zero-order valence-corrected chi connectivity index (χ0v) is 24.6. The number of carbonyl (C=O) groups excluding carboxylic acids is 8. The van der Waals surface area contributed by atoms with Gasteiger partial charge in [0.25, 0.3) is 0 Å². The zero-order valence-electron chi connectivity index (χ0n) is 24.6. The zero-order chi connectivity index (χ0) is 31.5. The van der Waals surface area contributed by atoms with Crippen molar-refractivity contribution in [1.82, 2.24) is 0 Å². The predicted molar refractivity (Wildman–Crippen MR) is 158 cm³/mol. The van der Waals surface area contributed by atoms with Gasteiger partial charge >= 0.3 is 0 Å². The molecule has 0 aromatic rings. The number of allylic oxidation sites excluding steroid dienone is 16. The molecule has 0 N–H and O–H groups in total. The van der Waals surface area contributed by atoms with Gasteiger partial charge in [0, 0.05) is 22.6 Å². The highest BCUT2D eigenvalue weighted by Gasteiger charge is 2.47. The van der Waals surface area contributed by atoms with E-state index in [4.69, 9.17) is 0 Å². The van der Waals surface area contributed by atoms with Crippen molar-refractivity contribution in [3.63, 3.8) is 0 Å². The summed E-state index contributed by atoms with van der Waals surface area (Å²) in [7, 11) is 0. The summed E-state index contributed by atoms with van der Waals surface area (Å²) in [4.78, 5) is 107. The van der Waals surface area contributed by atoms with E-state index >= 15 is 0 Å². The fourth-order valence-corrected chi connectivity index (χ4v) is 8.67. The Morgan fingerprint density at radius 1 is 0.556 bits per heavy atom. The van der Waals surface area contributed by atoms with Crippen LogP contribution < -0.4 is 0 Å². The second kappa shape index (κ2) is 9.64. The molecule has 8 aliphatic rings. The Balaban J connectivity index is 1.40. The topological polar surface area (TPSA) is 137 Å². The lowest BCUT2D eigenvalue weighted by Crippen LogP contribution is -2.32. The van der Waals surface area contributed by atoms with Crippen LogP contribution in [0.3, 0.4) is 0 Å². The molecule has 4 atom stereocenters. The maximum atomic E-state index is 13.7. The number of aldehydes is 1. The summed E-state index contributed by atoms with van der Waals surface area (Å²) in [5, 5.41) is 0. The number of carbonyl (C=O) groups is 8. The minimum Gasteiger partial charge on any atom is -0.303 e. The van der Waals surface area contributed by atoms with Crippen molar-refractivity contribution < 1.29 is 38.4 Å². The lowest BCUT2D eigenvalue weighted by molar-refractivity contribution is -0.137. The quantitative estimate of drug-likeness (QED) is 0.345. The van der Waals surface area contributed by atoms with Crippen LogP contribution in [0, 0.1) is 23.7 Å². The Kier molecular flexibility index (Phi) is 5.95. The van der Waals surface area contributed by atoms with Crippen LogP contribution >= 0.6 is 0 Å². The monoisotopic (exact) mass is 600 g/mol. The van der Waals surface area contributed by atoms with Gasteiger partial charge in [0.05, 0.1) is 17.8 Å². The smallest absolute Gasteiger partial charge is 0.225 e. The van der Waals surface area contributed by atoms with E-state index in [0.717, 1.165) is 6.29 Å². The van der Waals surface area contributed by atoms with Gasteiger partial charge in [-0.05, 0) is 86.2 Å². The molecule has 0 fully saturated rings. The van der Waals surface area contributed by atoms with E-state index in [2.05, 4.69) is 0 Å². The third-order valence-corrected chi connectivity index (χ3v) is 11.1. The van der Waals surface area contributed by atoms with Gasteiger partial charge in [0.15, 0.2) is 5.78 Å². The van der Waals surface area contributed by atoms with Crippen LogP contribution in [0.15, 0.2) is 91.2 Å². The van der Waals surface area contributed by atoms with Gasteiger partial charge in [-0.1, -0.05) is 46.6 Å². The fraction of sp³-hybridized carbons (Fsp3) is 0.351. The molecule has 8 heteroatoms. The highest BCUT2D eigenvalue weighted by Crippen LogP contribution is 2.49. The molecular weight excluding hydrogens is 572 g/mol. The van der Waals surface area contributed by atoms with Gasteiger partial charge < -0.3 is 4.79 Å². The van der Waals surface area contributed by atoms with Gasteiger partial charge in [-0.15, -0.1) is 0 Å². The highest BCUT2D eigenvalue weighted by atomic mass is 16.2. The molecule has 0 saturated heterocycles. The minimum absolute atomic E-state index is 0.0550. The standard InChI is InChI=1S/C37H28O8/c1-15(39)25-11-27-19-4-17(25)2-16-3-18-5-20-7-22-9-23-8-21(6-19)29(35(43)33(27)41)13-31(23)37(45)36(44)30(22)12-28(20)34(42)32(40)26(18)10-24(16)14-38/h3-4,7-8,14,24,27-28,31H,2,5-6,9-13H2,1H3. The maximum Gasteiger partial charge on any atom is 0.225 e. The van der Waals surface area contributed by atoms with Gasteiger partial charge in [0.1, 0.15) is 6.29 Å². The normalized spacial score (nSPS) is 30.7. The second-order valence-corrected chi connectivity index (χ2v) is 13.5. The summed E-state index contributed by atoms with van der Waals surface area (Å²) in [6.07, 6.45) is 9.10. The first-order valence-electron chi connectivity index (χ1n) is 15.5. The first-order valence-corrected chi connectivity index (χ1v) is 15.5. The number of hydrogen-bond acceptors (Lipinski definition) is 8. The van der Waals surface area contributed by atoms with Crippen molar-refractivity contribution >= 4 is 46.8 Å². The molecule has 0 radical (unpaired) electrons. The van der Waals surface area contributed by atoms with Gasteiger partial charge in [0.2, 0.25) is 34.7 Å². The molecule has 0 aliphatic heterocycles. The Bertz CT molecular complexity index is 1960. The molecular formula is C37H28O8. The van der Waals surface area contributed by atoms with Crippen molar-refractivity contribution in [3.8, 4) is 0 Å². The lowest BCUT2D eigenvalue weighted by Gasteiger charge is -2.29. The fourth-order valence-electron chi connectivity index (χ4n) is 8.67. The minimum atomic E-state index is -0.896. The van der Waals surface area contributed by atoms with Crippen molar-refractivity contribution in [2.24, 2.45) is 23.7 Å². The molecule has 4 unspecified atom stereocenters. The Labute approximate surface area is 258 Å². The summed E-state index contributed by atoms with van der Waals surface area (Å²) >= 11 is 0. The number of hydrogen-bond donors (Lipinski definition) is 0. The van der Waals surface area contributed by atoms with Crippen LogP contribution in [0.2, 0.25) is 0 Å². The maximum absolute atomic E-state index is 13.7. The molecule has 224 valence electrons. The first-order chi connectivity index (χ1) is 21.5.